The lowest BCUT2D eigenvalue weighted by Gasteiger charge is -2.41. The van der Waals surface area contributed by atoms with Gasteiger partial charge in [-0.3, -0.25) is 19.2 Å². The predicted octanol–water partition coefficient (Wildman–Crippen LogP) is 19.9. The Bertz CT molecular complexity index is 1120. The molecular formula is C65H124O8. The zero-order chi connectivity index (χ0) is 54.5. The molecule has 0 aliphatic heterocycles. The van der Waals surface area contributed by atoms with E-state index in [1.165, 1.54) is 128 Å². The number of rotatable bonds is 52. The quantitative estimate of drug-likeness (QED) is 0.0337. The summed E-state index contributed by atoms with van der Waals surface area (Å²) in [5.74, 6) is -3.10. The first kappa shape index (κ1) is 70.9. The van der Waals surface area contributed by atoms with Gasteiger partial charge in [-0.25, -0.2) is 0 Å². The number of esters is 4. The molecule has 0 fully saturated rings. The minimum absolute atomic E-state index is 0.163. The molecule has 0 aromatic rings. The van der Waals surface area contributed by atoms with Crippen molar-refractivity contribution in [3.8, 4) is 0 Å². The monoisotopic (exact) mass is 1030 g/mol. The predicted molar refractivity (Wildman–Crippen MR) is 309 cm³/mol. The van der Waals surface area contributed by atoms with Crippen molar-refractivity contribution in [2.24, 2.45) is 29.1 Å². The first-order valence-corrected chi connectivity index (χ1v) is 32.0. The molecule has 0 amide bonds. The number of hydrogen-bond donors (Lipinski definition) is 0. The number of carbonyl (C=O) groups excluding carboxylic acids is 4. The van der Waals surface area contributed by atoms with Crippen LogP contribution in [-0.2, 0) is 38.1 Å². The summed E-state index contributed by atoms with van der Waals surface area (Å²) in [5, 5.41) is 0. The molecule has 8 unspecified atom stereocenters. The average Bonchev–Trinajstić information content (AvgIpc) is 3.37. The smallest absolute Gasteiger partial charge is 0.308 e. The molecule has 0 saturated carbocycles. The summed E-state index contributed by atoms with van der Waals surface area (Å²) in [6.45, 7) is 25.1. The molecule has 0 bridgehead atoms. The van der Waals surface area contributed by atoms with Crippen LogP contribution < -0.4 is 0 Å². The maximum absolute atomic E-state index is 14.3. The van der Waals surface area contributed by atoms with Gasteiger partial charge in [-0.1, -0.05) is 237 Å². The van der Waals surface area contributed by atoms with Gasteiger partial charge in [0.05, 0.1) is 23.7 Å². The van der Waals surface area contributed by atoms with E-state index in [9.17, 15) is 19.2 Å². The fourth-order valence-electron chi connectivity index (χ4n) is 11.3. The highest BCUT2D eigenvalue weighted by atomic mass is 16.6. The van der Waals surface area contributed by atoms with Crippen LogP contribution in [0.4, 0.5) is 0 Å². The highest BCUT2D eigenvalue weighted by Crippen LogP contribution is 2.46. The van der Waals surface area contributed by atoms with Gasteiger partial charge in [0.25, 0.3) is 0 Å². The Morgan fingerprint density at radius 2 is 0.438 bits per heavy atom. The van der Waals surface area contributed by atoms with E-state index in [1.54, 1.807) is 0 Å². The molecule has 0 aliphatic rings. The molecule has 0 heterocycles. The molecule has 0 radical (unpaired) electrons. The van der Waals surface area contributed by atoms with Crippen LogP contribution in [-0.4, -0.2) is 48.3 Å². The van der Waals surface area contributed by atoms with Crippen LogP contribution >= 0.6 is 0 Å². The van der Waals surface area contributed by atoms with E-state index in [-0.39, 0.29) is 48.3 Å². The van der Waals surface area contributed by atoms with Crippen molar-refractivity contribution >= 4 is 23.9 Å². The van der Waals surface area contributed by atoms with Crippen LogP contribution in [0.3, 0.4) is 0 Å². The zero-order valence-electron chi connectivity index (χ0n) is 50.7. The highest BCUT2D eigenvalue weighted by molar-refractivity contribution is 5.75. The van der Waals surface area contributed by atoms with E-state index in [4.69, 9.17) is 18.9 Å². The SMILES string of the molecule is CCCCCCCCCC(CC)OC(=O)C(C)CC(CC(C)C(=O)OC(CC)CCCCCCCCC)(CC(C)C(=O)OC(CC)CCCCCCCCC)CC(C)C(=O)OC(CC)CCCCCCCCC. The first-order chi connectivity index (χ1) is 35.2. The van der Waals surface area contributed by atoms with Crippen LogP contribution in [0.5, 0.6) is 0 Å². The molecule has 8 heteroatoms. The summed E-state index contributed by atoms with van der Waals surface area (Å²) >= 11 is 0. The summed E-state index contributed by atoms with van der Waals surface area (Å²) in [5.41, 5.74) is -0.783. The van der Waals surface area contributed by atoms with E-state index < -0.39 is 29.1 Å². The second-order valence-electron chi connectivity index (χ2n) is 23.4. The van der Waals surface area contributed by atoms with Crippen molar-refractivity contribution in [1.29, 1.82) is 0 Å². The second-order valence-corrected chi connectivity index (χ2v) is 23.4. The number of carbonyl (C=O) groups is 4. The maximum atomic E-state index is 14.3. The Labute approximate surface area is 453 Å². The van der Waals surface area contributed by atoms with Crippen molar-refractivity contribution < 1.29 is 38.1 Å². The Balaban J connectivity index is 6.81. The van der Waals surface area contributed by atoms with Crippen LogP contribution in [0.1, 0.15) is 340 Å². The van der Waals surface area contributed by atoms with Gasteiger partial charge in [-0.15, -0.1) is 0 Å². The zero-order valence-corrected chi connectivity index (χ0v) is 50.7. The Kier molecular flexibility index (Phi) is 45.8. The van der Waals surface area contributed by atoms with E-state index >= 15 is 0 Å². The fourth-order valence-corrected chi connectivity index (χ4v) is 11.3. The van der Waals surface area contributed by atoms with Crippen LogP contribution in [0.25, 0.3) is 0 Å². The van der Waals surface area contributed by atoms with Crippen molar-refractivity contribution in [1.82, 2.24) is 0 Å². The molecule has 0 aliphatic carbocycles. The van der Waals surface area contributed by atoms with E-state index in [0.717, 1.165) is 103 Å². The molecular weight excluding hydrogens is 909 g/mol. The Hall–Kier alpha value is -2.12. The van der Waals surface area contributed by atoms with Gasteiger partial charge < -0.3 is 18.9 Å². The summed E-state index contributed by atoms with van der Waals surface area (Å²) in [6, 6.07) is 0. The van der Waals surface area contributed by atoms with Crippen molar-refractivity contribution in [2.75, 3.05) is 0 Å². The van der Waals surface area contributed by atoms with Gasteiger partial charge in [-0.05, 0) is 108 Å². The lowest BCUT2D eigenvalue weighted by atomic mass is 9.64. The molecule has 0 aromatic carbocycles. The Morgan fingerprint density at radius 3 is 0.603 bits per heavy atom. The maximum Gasteiger partial charge on any atom is 0.308 e. The Morgan fingerprint density at radius 1 is 0.274 bits per heavy atom. The molecule has 0 rings (SSSR count). The van der Waals surface area contributed by atoms with Crippen LogP contribution in [0.15, 0.2) is 0 Å². The lowest BCUT2D eigenvalue weighted by Crippen LogP contribution is -2.39. The van der Waals surface area contributed by atoms with Gasteiger partial charge >= 0.3 is 23.9 Å². The number of ether oxygens (including phenoxy) is 4. The number of hydrogen-bond acceptors (Lipinski definition) is 8. The highest BCUT2D eigenvalue weighted by Gasteiger charge is 2.43. The van der Waals surface area contributed by atoms with E-state index in [1.807, 2.05) is 27.7 Å². The van der Waals surface area contributed by atoms with Crippen LogP contribution in [0, 0.1) is 29.1 Å². The minimum atomic E-state index is -0.783. The third-order valence-corrected chi connectivity index (χ3v) is 16.0. The van der Waals surface area contributed by atoms with Gasteiger partial charge in [0.2, 0.25) is 0 Å². The summed E-state index contributed by atoms with van der Waals surface area (Å²) in [4.78, 5) is 57.2. The second kappa shape index (κ2) is 47.1. The lowest BCUT2D eigenvalue weighted by molar-refractivity contribution is -0.159. The van der Waals surface area contributed by atoms with Gasteiger partial charge in [0, 0.05) is 0 Å². The van der Waals surface area contributed by atoms with Gasteiger partial charge in [0.15, 0.2) is 0 Å². The molecule has 0 aromatic heterocycles. The topological polar surface area (TPSA) is 105 Å². The largest absolute Gasteiger partial charge is 0.462 e. The first-order valence-electron chi connectivity index (χ1n) is 32.0. The molecule has 8 nitrogen and oxygen atoms in total. The normalized spacial score (nSPS) is 15.8. The molecule has 0 spiro atoms. The molecule has 432 valence electrons. The number of unbranched alkanes of at least 4 members (excludes halogenated alkanes) is 24. The van der Waals surface area contributed by atoms with Crippen LogP contribution in [0.2, 0.25) is 0 Å². The third kappa shape index (κ3) is 36.5. The van der Waals surface area contributed by atoms with Crippen molar-refractivity contribution in [3.05, 3.63) is 0 Å². The minimum Gasteiger partial charge on any atom is -0.462 e. The molecule has 73 heavy (non-hydrogen) atoms. The van der Waals surface area contributed by atoms with E-state index in [0.29, 0.717) is 25.7 Å². The van der Waals surface area contributed by atoms with Crippen molar-refractivity contribution in [2.45, 2.75) is 364 Å². The summed E-state index contributed by atoms with van der Waals surface area (Å²) in [6.07, 6.45) is 40.9. The van der Waals surface area contributed by atoms with Gasteiger partial charge in [0.1, 0.15) is 24.4 Å². The molecule has 0 N–H and O–H groups in total. The standard InChI is InChI=1S/C65H124O8/c1-13-21-25-29-33-37-41-45-57(17-5)70-61(66)53(9)49-65(50-54(10)62(67)71-58(18-6)46-42-38-34-30-26-22-14-2,51-55(11)63(68)72-59(19-7)47-43-39-35-31-27-23-15-3)52-56(12)64(69)73-60(20-8)48-44-40-36-32-28-24-16-4/h53-60H,13-52H2,1-12H3. The summed E-state index contributed by atoms with van der Waals surface area (Å²) < 4.78 is 25.3. The van der Waals surface area contributed by atoms with E-state index in [2.05, 4.69) is 55.4 Å². The van der Waals surface area contributed by atoms with Crippen molar-refractivity contribution in [3.63, 3.8) is 0 Å². The van der Waals surface area contributed by atoms with Gasteiger partial charge in [-0.2, -0.15) is 0 Å². The molecule has 0 saturated heterocycles. The average molecular weight is 1030 g/mol. The molecule has 8 atom stereocenters. The summed E-state index contributed by atoms with van der Waals surface area (Å²) in [7, 11) is 0. The fraction of sp³-hybridized carbons (Fsp3) is 0.938. The third-order valence-electron chi connectivity index (χ3n) is 16.0.